The Balaban J connectivity index is 1.24. The second-order valence-electron chi connectivity index (χ2n) is 6.96. The van der Waals surface area contributed by atoms with Crippen LogP contribution in [0.5, 0.6) is 0 Å². The molecular formula is C22H19N7OS. The molecule has 0 radical (unpaired) electrons. The van der Waals surface area contributed by atoms with E-state index in [0.29, 0.717) is 23.7 Å². The van der Waals surface area contributed by atoms with E-state index in [4.69, 9.17) is 0 Å². The minimum atomic E-state index is -0.158. The van der Waals surface area contributed by atoms with Crippen LogP contribution in [-0.4, -0.2) is 30.9 Å². The molecule has 4 heterocycles. The molecule has 0 saturated heterocycles. The first-order chi connectivity index (χ1) is 15.3. The van der Waals surface area contributed by atoms with E-state index in [1.807, 2.05) is 66.3 Å². The number of carbonyl (C=O) groups is 1. The van der Waals surface area contributed by atoms with Crippen LogP contribution in [0.3, 0.4) is 0 Å². The molecule has 1 amide bonds. The van der Waals surface area contributed by atoms with Gasteiger partial charge in [-0.1, -0.05) is 35.5 Å². The van der Waals surface area contributed by atoms with Crippen molar-refractivity contribution in [1.82, 2.24) is 30.3 Å². The zero-order chi connectivity index (χ0) is 21.0. The van der Waals surface area contributed by atoms with E-state index in [1.54, 1.807) is 10.9 Å². The fourth-order valence-electron chi connectivity index (χ4n) is 3.32. The number of nitrogens with one attached hydrogen (secondary N) is 3. The van der Waals surface area contributed by atoms with Gasteiger partial charge in [-0.3, -0.25) is 4.79 Å². The number of rotatable bonds is 7. The molecule has 0 unspecified atom stereocenters. The van der Waals surface area contributed by atoms with Crippen molar-refractivity contribution in [2.24, 2.45) is 0 Å². The van der Waals surface area contributed by atoms with E-state index in [-0.39, 0.29) is 5.91 Å². The number of hydrogen-bond donors (Lipinski definition) is 3. The van der Waals surface area contributed by atoms with Gasteiger partial charge in [0.05, 0.1) is 30.7 Å². The van der Waals surface area contributed by atoms with Crippen molar-refractivity contribution in [3.8, 4) is 0 Å². The number of benzene rings is 1. The van der Waals surface area contributed by atoms with Gasteiger partial charge >= 0.3 is 0 Å². The number of amides is 1. The van der Waals surface area contributed by atoms with E-state index in [2.05, 4.69) is 30.9 Å². The van der Waals surface area contributed by atoms with Crippen LogP contribution in [0.25, 0.3) is 11.0 Å². The van der Waals surface area contributed by atoms with Gasteiger partial charge in [0.25, 0.3) is 5.91 Å². The smallest absolute Gasteiger partial charge is 0.263 e. The third-order valence-corrected chi connectivity index (χ3v) is 5.72. The number of nitrogens with zero attached hydrogens (tertiary/aromatic N) is 4. The van der Waals surface area contributed by atoms with Crippen molar-refractivity contribution in [3.05, 3.63) is 88.6 Å². The maximum Gasteiger partial charge on any atom is 0.263 e. The molecule has 0 aliphatic carbocycles. The Hall–Kier alpha value is -3.98. The molecule has 1 aromatic carbocycles. The molecule has 0 aliphatic rings. The molecule has 8 nitrogen and oxygen atoms in total. The number of aromatic amines is 1. The molecule has 5 aromatic rings. The van der Waals surface area contributed by atoms with E-state index in [9.17, 15) is 4.79 Å². The summed E-state index contributed by atoms with van der Waals surface area (Å²) in [5.41, 5.74) is 4.29. The van der Waals surface area contributed by atoms with Crippen LogP contribution in [0.2, 0.25) is 0 Å². The van der Waals surface area contributed by atoms with Crippen molar-refractivity contribution >= 4 is 39.7 Å². The summed E-state index contributed by atoms with van der Waals surface area (Å²) in [5, 5.41) is 17.4. The highest BCUT2D eigenvalue weighted by Crippen LogP contribution is 2.29. The fourth-order valence-corrected chi connectivity index (χ4v) is 4.08. The van der Waals surface area contributed by atoms with Crippen LogP contribution < -0.4 is 10.6 Å². The number of fused-ring (bicyclic) bond motifs is 1. The largest absolute Gasteiger partial charge is 0.354 e. The zero-order valence-electron chi connectivity index (χ0n) is 16.4. The van der Waals surface area contributed by atoms with Crippen molar-refractivity contribution in [1.29, 1.82) is 0 Å². The molecule has 154 valence electrons. The Morgan fingerprint density at radius 2 is 2.00 bits per heavy atom. The predicted molar refractivity (Wildman–Crippen MR) is 120 cm³/mol. The predicted octanol–water partition coefficient (Wildman–Crippen LogP) is 3.94. The summed E-state index contributed by atoms with van der Waals surface area (Å²) < 4.78 is 1.76. The molecule has 5 rings (SSSR count). The molecule has 4 aromatic heterocycles. The molecule has 0 fully saturated rings. The lowest BCUT2D eigenvalue weighted by atomic mass is 10.2. The maximum absolute atomic E-state index is 12.8. The van der Waals surface area contributed by atoms with Crippen LogP contribution in [-0.2, 0) is 13.1 Å². The van der Waals surface area contributed by atoms with Crippen LogP contribution in [0, 0.1) is 0 Å². The molecule has 0 saturated carbocycles. The van der Waals surface area contributed by atoms with Gasteiger partial charge in [0.1, 0.15) is 16.2 Å². The molecule has 3 N–H and O–H groups in total. The molecular weight excluding hydrogens is 410 g/mol. The second-order valence-corrected chi connectivity index (χ2v) is 7.88. The van der Waals surface area contributed by atoms with Gasteiger partial charge < -0.3 is 15.6 Å². The highest BCUT2D eigenvalue weighted by molar-refractivity contribution is 7.12. The van der Waals surface area contributed by atoms with Gasteiger partial charge in [-0.2, -0.15) is 0 Å². The molecule has 9 heteroatoms. The maximum atomic E-state index is 12.8. The third kappa shape index (κ3) is 4.17. The average Bonchev–Trinajstić information content (AvgIpc) is 3.54. The summed E-state index contributed by atoms with van der Waals surface area (Å²) >= 11 is 1.39. The molecule has 0 spiro atoms. The Bertz CT molecular complexity index is 1320. The SMILES string of the molecule is O=C(NCc1cn(Cc2ccccc2)nn1)c1sccc1Nc1ccnc2[nH]ccc12. The number of carbonyl (C=O) groups excluding carboxylic acids is 1. The summed E-state index contributed by atoms with van der Waals surface area (Å²) in [5.74, 6) is -0.158. The van der Waals surface area contributed by atoms with Gasteiger partial charge in [-0.15, -0.1) is 16.4 Å². The molecule has 0 aliphatic heterocycles. The quantitative estimate of drug-likeness (QED) is 0.364. The lowest BCUT2D eigenvalue weighted by molar-refractivity contribution is 0.0955. The molecule has 0 bridgehead atoms. The minimum Gasteiger partial charge on any atom is -0.354 e. The minimum absolute atomic E-state index is 0.158. The van der Waals surface area contributed by atoms with Crippen molar-refractivity contribution in [2.75, 3.05) is 5.32 Å². The van der Waals surface area contributed by atoms with Crippen LogP contribution in [0.1, 0.15) is 20.9 Å². The summed E-state index contributed by atoms with van der Waals surface area (Å²) in [6, 6.07) is 15.8. The summed E-state index contributed by atoms with van der Waals surface area (Å²) in [4.78, 5) is 20.8. The number of aromatic nitrogens is 5. The van der Waals surface area contributed by atoms with Gasteiger partial charge in [-0.25, -0.2) is 9.67 Å². The monoisotopic (exact) mass is 429 g/mol. The van der Waals surface area contributed by atoms with Gasteiger partial charge in [0.15, 0.2) is 0 Å². The first-order valence-corrected chi connectivity index (χ1v) is 10.6. The van der Waals surface area contributed by atoms with E-state index in [1.165, 1.54) is 11.3 Å². The Morgan fingerprint density at radius 1 is 1.10 bits per heavy atom. The van der Waals surface area contributed by atoms with Crippen molar-refractivity contribution in [3.63, 3.8) is 0 Å². The third-order valence-electron chi connectivity index (χ3n) is 4.80. The average molecular weight is 430 g/mol. The van der Waals surface area contributed by atoms with Gasteiger partial charge in [0, 0.05) is 17.8 Å². The van der Waals surface area contributed by atoms with Gasteiger partial charge in [0.2, 0.25) is 0 Å². The van der Waals surface area contributed by atoms with E-state index in [0.717, 1.165) is 28.0 Å². The lowest BCUT2D eigenvalue weighted by Crippen LogP contribution is -2.22. The topological polar surface area (TPSA) is 101 Å². The number of anilines is 2. The first kappa shape index (κ1) is 19.0. The lowest BCUT2D eigenvalue weighted by Gasteiger charge is -2.09. The standard InChI is InChI=1S/C22H19N7OS/c30-22(25-12-16-14-29(28-27-16)13-15-4-2-1-3-5-15)20-19(8-11-31-20)26-18-7-10-24-21-17(18)6-9-23-21/h1-11,14H,12-13H2,(H,25,30)(H2,23,24,26). The highest BCUT2D eigenvalue weighted by Gasteiger charge is 2.15. The van der Waals surface area contributed by atoms with Crippen LogP contribution >= 0.6 is 11.3 Å². The Labute approximate surface area is 182 Å². The van der Waals surface area contributed by atoms with Crippen molar-refractivity contribution in [2.45, 2.75) is 13.1 Å². The van der Waals surface area contributed by atoms with E-state index >= 15 is 0 Å². The number of thiophene rings is 1. The second kappa shape index (κ2) is 8.41. The normalized spacial score (nSPS) is 11.0. The van der Waals surface area contributed by atoms with Crippen molar-refractivity contribution < 1.29 is 4.79 Å². The highest BCUT2D eigenvalue weighted by atomic mass is 32.1. The van der Waals surface area contributed by atoms with Crippen LogP contribution in [0.4, 0.5) is 11.4 Å². The van der Waals surface area contributed by atoms with Gasteiger partial charge in [-0.05, 0) is 29.1 Å². The van der Waals surface area contributed by atoms with E-state index < -0.39 is 0 Å². The summed E-state index contributed by atoms with van der Waals surface area (Å²) in [7, 11) is 0. The zero-order valence-corrected chi connectivity index (χ0v) is 17.3. The summed E-state index contributed by atoms with van der Waals surface area (Å²) in [6.45, 7) is 0.947. The number of pyridine rings is 1. The number of H-pyrrole nitrogens is 1. The Morgan fingerprint density at radius 3 is 2.90 bits per heavy atom. The fraction of sp³-hybridized carbons (Fsp3) is 0.0909. The van der Waals surface area contributed by atoms with Crippen LogP contribution in [0.15, 0.2) is 72.5 Å². The molecule has 0 atom stereocenters. The molecule has 31 heavy (non-hydrogen) atoms. The first-order valence-electron chi connectivity index (χ1n) is 9.74. The summed E-state index contributed by atoms with van der Waals surface area (Å²) in [6.07, 6.45) is 5.42. The number of hydrogen-bond acceptors (Lipinski definition) is 6. The Kier molecular flexibility index (Phi) is 5.16.